The Labute approximate surface area is 172 Å². The smallest absolute Gasteiger partial charge is 0.251 e. The van der Waals surface area contributed by atoms with Crippen LogP contribution in [-0.2, 0) is 0 Å². The van der Waals surface area contributed by atoms with Gasteiger partial charge in [0.25, 0.3) is 5.78 Å². The second-order valence-corrected chi connectivity index (χ2v) is 7.64. The van der Waals surface area contributed by atoms with Crippen LogP contribution in [0.1, 0.15) is 0 Å². The van der Waals surface area contributed by atoms with Crippen molar-refractivity contribution < 1.29 is 0 Å². The first kappa shape index (κ1) is 16.7. The molecule has 0 fully saturated rings. The first-order valence-corrected chi connectivity index (χ1v) is 9.71. The third-order valence-corrected chi connectivity index (χ3v) is 5.70. The van der Waals surface area contributed by atoms with Crippen molar-refractivity contribution in [2.75, 3.05) is 0 Å². The zero-order chi connectivity index (χ0) is 18.5. The van der Waals surface area contributed by atoms with Gasteiger partial charge in [-0.15, -0.1) is 5.10 Å². The van der Waals surface area contributed by atoms with Gasteiger partial charge in [-0.1, -0.05) is 54.1 Å². The van der Waals surface area contributed by atoms with Gasteiger partial charge in [0, 0.05) is 16.1 Å². The highest BCUT2D eigenvalue weighted by molar-refractivity contribution is 9.10. The first-order valence-electron chi connectivity index (χ1n) is 8.13. The number of hydrogen-bond donors (Lipinski definition) is 1. The van der Waals surface area contributed by atoms with E-state index in [1.54, 1.807) is 4.52 Å². The maximum Gasteiger partial charge on any atom is 0.255 e. The standard InChI is InChI=1S/C19H11BrClN5S/c20-16-15-10-14(11-4-2-1-3-5-11)24-26(15)18-22-23-19(27)25(18)17(16)12-6-8-13(21)9-7-12/h1-10H,(H,23,27). The Morgan fingerprint density at radius 1 is 1.00 bits per heavy atom. The van der Waals surface area contributed by atoms with Crippen molar-refractivity contribution in [3.63, 3.8) is 0 Å². The Morgan fingerprint density at radius 2 is 1.74 bits per heavy atom. The monoisotopic (exact) mass is 455 g/mol. The van der Waals surface area contributed by atoms with Gasteiger partial charge in [-0.25, -0.2) is 5.10 Å². The lowest BCUT2D eigenvalue weighted by Gasteiger charge is -2.10. The number of rotatable bonds is 2. The molecule has 0 spiro atoms. The van der Waals surface area contributed by atoms with Gasteiger partial charge in [0.05, 0.1) is 21.4 Å². The minimum Gasteiger partial charge on any atom is -0.251 e. The molecule has 0 radical (unpaired) electrons. The van der Waals surface area contributed by atoms with Gasteiger partial charge < -0.3 is 0 Å². The normalized spacial score (nSPS) is 11.5. The van der Waals surface area contributed by atoms with Crippen molar-refractivity contribution in [3.8, 4) is 22.5 Å². The predicted molar refractivity (Wildman–Crippen MR) is 113 cm³/mol. The number of benzene rings is 2. The fourth-order valence-electron chi connectivity index (χ4n) is 3.16. The summed E-state index contributed by atoms with van der Waals surface area (Å²) in [6.07, 6.45) is 0. The van der Waals surface area contributed by atoms with Gasteiger partial charge in [-0.05, 0) is 46.3 Å². The van der Waals surface area contributed by atoms with Crippen LogP contribution in [0.25, 0.3) is 33.8 Å². The zero-order valence-electron chi connectivity index (χ0n) is 13.7. The molecule has 5 nitrogen and oxygen atoms in total. The Kier molecular flexibility index (Phi) is 3.89. The fraction of sp³-hybridized carbons (Fsp3) is 0. The molecule has 0 saturated heterocycles. The van der Waals surface area contributed by atoms with Gasteiger partial charge in [-0.2, -0.15) is 9.61 Å². The quantitative estimate of drug-likeness (QED) is 0.342. The lowest BCUT2D eigenvalue weighted by molar-refractivity contribution is 0.930. The lowest BCUT2D eigenvalue weighted by Crippen LogP contribution is -2.02. The first-order chi connectivity index (χ1) is 13.1. The summed E-state index contributed by atoms with van der Waals surface area (Å²) in [4.78, 5) is 0. The molecule has 3 heterocycles. The van der Waals surface area contributed by atoms with Crippen LogP contribution >= 0.6 is 39.7 Å². The molecular formula is C19H11BrClN5S. The summed E-state index contributed by atoms with van der Waals surface area (Å²) in [7, 11) is 0. The molecular weight excluding hydrogens is 446 g/mol. The van der Waals surface area contributed by atoms with Gasteiger partial charge >= 0.3 is 0 Å². The molecule has 0 aliphatic heterocycles. The summed E-state index contributed by atoms with van der Waals surface area (Å²) in [6, 6.07) is 19.7. The molecule has 2 aromatic carbocycles. The van der Waals surface area contributed by atoms with Crippen LogP contribution in [0.2, 0.25) is 5.02 Å². The predicted octanol–water partition coefficient (Wildman–Crippen LogP) is 5.79. The van der Waals surface area contributed by atoms with Gasteiger partial charge in [0.2, 0.25) is 4.77 Å². The summed E-state index contributed by atoms with van der Waals surface area (Å²) in [5, 5.41) is 12.7. The van der Waals surface area contributed by atoms with E-state index in [1.807, 2.05) is 65.1 Å². The molecule has 132 valence electrons. The van der Waals surface area contributed by atoms with Crippen LogP contribution < -0.4 is 0 Å². The molecule has 1 N–H and O–H groups in total. The topological polar surface area (TPSA) is 50.4 Å². The zero-order valence-corrected chi connectivity index (χ0v) is 16.9. The Hall–Kier alpha value is -2.48. The second-order valence-electron chi connectivity index (χ2n) is 6.03. The molecule has 0 atom stereocenters. The van der Waals surface area contributed by atoms with E-state index in [0.717, 1.165) is 32.5 Å². The summed E-state index contributed by atoms with van der Waals surface area (Å²) >= 11 is 15.3. The van der Waals surface area contributed by atoms with Gasteiger partial charge in [0.15, 0.2) is 0 Å². The van der Waals surface area contributed by atoms with E-state index in [4.69, 9.17) is 28.9 Å². The number of H-pyrrole nitrogens is 1. The number of nitrogens with one attached hydrogen (secondary N) is 1. The molecule has 3 aromatic heterocycles. The molecule has 27 heavy (non-hydrogen) atoms. The summed E-state index contributed by atoms with van der Waals surface area (Å²) in [5.74, 6) is 0.616. The van der Waals surface area contributed by atoms with Crippen LogP contribution in [0.4, 0.5) is 0 Å². The Morgan fingerprint density at radius 3 is 2.48 bits per heavy atom. The van der Waals surface area contributed by atoms with Crippen molar-refractivity contribution in [1.82, 2.24) is 24.2 Å². The summed E-state index contributed by atoms with van der Waals surface area (Å²) in [6.45, 7) is 0. The van der Waals surface area contributed by atoms with E-state index in [1.165, 1.54) is 0 Å². The third-order valence-electron chi connectivity index (χ3n) is 4.40. The van der Waals surface area contributed by atoms with Gasteiger partial charge in [0.1, 0.15) is 0 Å². The van der Waals surface area contributed by atoms with Crippen molar-refractivity contribution in [3.05, 3.63) is 74.9 Å². The molecule has 5 rings (SSSR count). The molecule has 0 saturated carbocycles. The molecule has 0 unspecified atom stereocenters. The minimum atomic E-state index is 0.495. The summed E-state index contributed by atoms with van der Waals surface area (Å²) in [5.41, 5.74) is 4.67. The SMILES string of the molecule is S=c1[nH]nc2n1c(-c1ccc(Cl)cc1)c(Br)c1cc(-c3ccccc3)nn12. The Bertz CT molecular complexity index is 1350. The van der Waals surface area contributed by atoms with Crippen LogP contribution in [0, 0.1) is 4.77 Å². The number of hydrogen-bond acceptors (Lipinski definition) is 3. The van der Waals surface area contributed by atoms with E-state index in [9.17, 15) is 0 Å². The molecule has 8 heteroatoms. The van der Waals surface area contributed by atoms with Gasteiger partial charge in [-0.3, -0.25) is 4.40 Å². The third kappa shape index (κ3) is 2.62. The average molecular weight is 457 g/mol. The number of nitrogens with zero attached hydrogens (tertiary/aromatic N) is 4. The molecule has 0 amide bonds. The highest BCUT2D eigenvalue weighted by Crippen LogP contribution is 2.35. The lowest BCUT2D eigenvalue weighted by atomic mass is 10.1. The maximum atomic E-state index is 6.06. The largest absolute Gasteiger partial charge is 0.255 e. The molecule has 0 bridgehead atoms. The number of aromatic nitrogens is 5. The van der Waals surface area contributed by atoms with Crippen LogP contribution in [0.3, 0.4) is 0 Å². The van der Waals surface area contributed by atoms with Crippen LogP contribution in [0.15, 0.2) is 65.1 Å². The van der Waals surface area contributed by atoms with Crippen molar-refractivity contribution in [2.24, 2.45) is 0 Å². The van der Waals surface area contributed by atoms with E-state index in [-0.39, 0.29) is 0 Å². The highest BCUT2D eigenvalue weighted by atomic mass is 79.9. The average Bonchev–Trinajstić information content (AvgIpc) is 3.29. The van der Waals surface area contributed by atoms with E-state index >= 15 is 0 Å². The maximum absolute atomic E-state index is 6.06. The fourth-order valence-corrected chi connectivity index (χ4v) is 4.19. The van der Waals surface area contributed by atoms with Crippen LogP contribution in [0.5, 0.6) is 0 Å². The number of halogens is 2. The highest BCUT2D eigenvalue weighted by Gasteiger charge is 2.19. The number of aromatic amines is 1. The van der Waals surface area contributed by atoms with E-state index in [2.05, 4.69) is 26.1 Å². The molecule has 5 aromatic rings. The van der Waals surface area contributed by atoms with Crippen molar-refractivity contribution in [1.29, 1.82) is 0 Å². The number of fused-ring (bicyclic) bond motifs is 3. The molecule has 0 aliphatic rings. The summed E-state index contributed by atoms with van der Waals surface area (Å²) < 4.78 is 5.04. The molecule has 0 aliphatic carbocycles. The van der Waals surface area contributed by atoms with E-state index < -0.39 is 0 Å². The Balaban J connectivity index is 1.89. The van der Waals surface area contributed by atoms with Crippen molar-refractivity contribution in [2.45, 2.75) is 0 Å². The second kappa shape index (κ2) is 6.30. The van der Waals surface area contributed by atoms with Crippen LogP contribution in [-0.4, -0.2) is 24.2 Å². The van der Waals surface area contributed by atoms with Crippen molar-refractivity contribution >= 4 is 51.0 Å². The van der Waals surface area contributed by atoms with E-state index in [0.29, 0.717) is 15.6 Å². The minimum absolute atomic E-state index is 0.495.